The zero-order valence-corrected chi connectivity index (χ0v) is 15.9. The molecule has 0 aliphatic carbocycles. The van der Waals surface area contributed by atoms with E-state index in [2.05, 4.69) is 10.3 Å². The minimum atomic E-state index is -0.548. The molecule has 1 aromatic carbocycles. The van der Waals surface area contributed by atoms with Gasteiger partial charge >= 0.3 is 12.0 Å². The lowest BCUT2D eigenvalue weighted by molar-refractivity contribution is -0.142. The standard InChI is InChI=1S/C18H18N4O5S/c1-2-27-16(25)8-12-11-28-17(19-12)20-14(23)9-22-15(24)10-21(18(22)26)13-6-4-3-5-7-13/h3-7,11H,2,8-10H2,1H3,(H,19,20,23). The number of aromatic nitrogens is 1. The summed E-state index contributed by atoms with van der Waals surface area (Å²) in [6, 6.07) is 8.22. The van der Waals surface area contributed by atoms with E-state index in [0.717, 1.165) is 16.2 Å². The molecule has 0 atom stereocenters. The molecule has 2 aromatic rings. The molecule has 1 N–H and O–H groups in total. The molecule has 1 saturated heterocycles. The van der Waals surface area contributed by atoms with Gasteiger partial charge in [0.2, 0.25) is 5.91 Å². The van der Waals surface area contributed by atoms with E-state index < -0.39 is 30.4 Å². The van der Waals surface area contributed by atoms with E-state index in [1.165, 1.54) is 4.90 Å². The van der Waals surface area contributed by atoms with E-state index in [9.17, 15) is 19.2 Å². The fraction of sp³-hybridized carbons (Fsp3) is 0.278. The number of thiazole rings is 1. The second-order valence-electron chi connectivity index (χ2n) is 5.86. The summed E-state index contributed by atoms with van der Waals surface area (Å²) < 4.78 is 4.85. The summed E-state index contributed by atoms with van der Waals surface area (Å²) in [4.78, 5) is 54.7. The summed E-state index contributed by atoms with van der Waals surface area (Å²) in [5, 5.41) is 4.46. The summed E-state index contributed by atoms with van der Waals surface area (Å²) >= 11 is 1.15. The highest BCUT2D eigenvalue weighted by Gasteiger charge is 2.37. The van der Waals surface area contributed by atoms with Crippen LogP contribution in [-0.2, 0) is 25.5 Å². The number of carbonyl (C=O) groups is 4. The maximum atomic E-state index is 12.5. The summed E-state index contributed by atoms with van der Waals surface area (Å²) in [5.74, 6) is -1.40. The van der Waals surface area contributed by atoms with Gasteiger partial charge in [0.15, 0.2) is 5.13 Å². The Morgan fingerprint density at radius 2 is 2.00 bits per heavy atom. The van der Waals surface area contributed by atoms with Crippen LogP contribution in [0, 0.1) is 0 Å². The molecule has 3 rings (SSSR count). The first kappa shape index (κ1) is 19.5. The number of urea groups is 1. The summed E-state index contributed by atoms with van der Waals surface area (Å²) in [7, 11) is 0. The smallest absolute Gasteiger partial charge is 0.332 e. The fourth-order valence-electron chi connectivity index (χ4n) is 2.61. The first-order valence-corrected chi connectivity index (χ1v) is 9.42. The molecule has 0 spiro atoms. The molecule has 146 valence electrons. The normalized spacial score (nSPS) is 13.8. The average molecular weight is 402 g/mol. The van der Waals surface area contributed by atoms with Gasteiger partial charge in [-0.05, 0) is 19.1 Å². The third-order valence-corrected chi connectivity index (χ3v) is 4.66. The molecule has 1 aliphatic heterocycles. The molecule has 1 aromatic heterocycles. The van der Waals surface area contributed by atoms with Crippen LogP contribution in [0.2, 0.25) is 0 Å². The number of nitrogens with one attached hydrogen (secondary N) is 1. The number of amides is 4. The van der Waals surface area contributed by atoms with E-state index in [1.807, 2.05) is 0 Å². The number of hydrogen-bond donors (Lipinski definition) is 1. The van der Waals surface area contributed by atoms with Crippen molar-refractivity contribution in [3.8, 4) is 0 Å². The molecule has 1 fully saturated rings. The highest BCUT2D eigenvalue weighted by atomic mass is 32.1. The van der Waals surface area contributed by atoms with Gasteiger partial charge in [-0.25, -0.2) is 9.78 Å². The van der Waals surface area contributed by atoms with E-state index in [0.29, 0.717) is 11.4 Å². The van der Waals surface area contributed by atoms with Crippen molar-refractivity contribution in [2.75, 3.05) is 29.9 Å². The van der Waals surface area contributed by atoms with Gasteiger partial charge in [-0.15, -0.1) is 11.3 Å². The Bertz CT molecular complexity index is 898. The Morgan fingerprint density at radius 1 is 1.25 bits per heavy atom. The Hall–Kier alpha value is -3.27. The first-order valence-electron chi connectivity index (χ1n) is 8.54. The van der Waals surface area contributed by atoms with Gasteiger partial charge in [-0.1, -0.05) is 18.2 Å². The Labute approximate surface area is 164 Å². The Kier molecular flexibility index (Phi) is 5.99. The van der Waals surface area contributed by atoms with Crippen LogP contribution in [0.25, 0.3) is 0 Å². The van der Waals surface area contributed by atoms with Crippen LogP contribution in [0.1, 0.15) is 12.6 Å². The fourth-order valence-corrected chi connectivity index (χ4v) is 3.34. The van der Waals surface area contributed by atoms with Gasteiger partial charge in [0, 0.05) is 11.1 Å². The maximum Gasteiger partial charge on any atom is 0.332 e. The van der Waals surface area contributed by atoms with Gasteiger partial charge in [0.05, 0.1) is 18.7 Å². The quantitative estimate of drug-likeness (QED) is 0.557. The number of rotatable bonds is 7. The predicted octanol–water partition coefficient (Wildman–Crippen LogP) is 1.66. The first-order chi connectivity index (χ1) is 13.5. The van der Waals surface area contributed by atoms with Crippen molar-refractivity contribution in [3.05, 3.63) is 41.4 Å². The van der Waals surface area contributed by atoms with E-state index >= 15 is 0 Å². The lowest BCUT2D eigenvalue weighted by atomic mass is 10.3. The van der Waals surface area contributed by atoms with Gasteiger partial charge in [0.25, 0.3) is 5.91 Å². The van der Waals surface area contributed by atoms with E-state index in [4.69, 9.17) is 4.74 Å². The highest BCUT2D eigenvalue weighted by molar-refractivity contribution is 7.13. The Balaban J connectivity index is 1.58. The number of para-hydroxylation sites is 1. The van der Waals surface area contributed by atoms with Crippen LogP contribution in [0.5, 0.6) is 0 Å². The largest absolute Gasteiger partial charge is 0.466 e. The number of esters is 1. The molecular weight excluding hydrogens is 384 g/mol. The molecule has 0 unspecified atom stereocenters. The molecule has 4 amide bonds. The molecule has 10 heteroatoms. The number of nitrogens with zero attached hydrogens (tertiary/aromatic N) is 3. The van der Waals surface area contributed by atoms with Crippen molar-refractivity contribution in [2.24, 2.45) is 0 Å². The SMILES string of the molecule is CCOC(=O)Cc1csc(NC(=O)CN2C(=O)CN(c3ccccc3)C2=O)n1. The zero-order valence-electron chi connectivity index (χ0n) is 15.1. The molecule has 28 heavy (non-hydrogen) atoms. The van der Waals surface area contributed by atoms with Crippen molar-refractivity contribution in [1.29, 1.82) is 0 Å². The lowest BCUT2D eigenvalue weighted by Gasteiger charge is -2.16. The molecule has 9 nitrogen and oxygen atoms in total. The lowest BCUT2D eigenvalue weighted by Crippen LogP contribution is -2.39. The van der Waals surface area contributed by atoms with Crippen molar-refractivity contribution in [1.82, 2.24) is 9.88 Å². The van der Waals surface area contributed by atoms with E-state index in [1.54, 1.807) is 42.6 Å². The summed E-state index contributed by atoms with van der Waals surface area (Å²) in [6.45, 7) is 1.47. The average Bonchev–Trinajstić information content (AvgIpc) is 3.21. The van der Waals surface area contributed by atoms with Crippen molar-refractivity contribution < 1.29 is 23.9 Å². The molecule has 0 saturated carbocycles. The maximum absolute atomic E-state index is 12.5. The minimum Gasteiger partial charge on any atom is -0.466 e. The van der Waals surface area contributed by atoms with E-state index in [-0.39, 0.29) is 24.7 Å². The van der Waals surface area contributed by atoms with Gasteiger partial charge in [-0.3, -0.25) is 24.2 Å². The second-order valence-corrected chi connectivity index (χ2v) is 6.72. The number of benzene rings is 1. The number of carbonyl (C=O) groups excluding carboxylic acids is 4. The molecule has 1 aliphatic rings. The van der Waals surface area contributed by atoms with Crippen LogP contribution in [-0.4, -0.2) is 53.4 Å². The summed E-state index contributed by atoms with van der Waals surface area (Å²) in [5.41, 5.74) is 1.06. The van der Waals surface area contributed by atoms with Crippen LogP contribution >= 0.6 is 11.3 Å². The van der Waals surface area contributed by atoms with Crippen LogP contribution in [0.4, 0.5) is 15.6 Å². The summed E-state index contributed by atoms with van der Waals surface area (Å²) in [6.07, 6.45) is 0.00927. The second kappa shape index (κ2) is 8.61. The topological polar surface area (TPSA) is 109 Å². The van der Waals surface area contributed by atoms with Crippen LogP contribution < -0.4 is 10.2 Å². The number of ether oxygens (including phenoxy) is 1. The van der Waals surface area contributed by atoms with Gasteiger partial charge < -0.3 is 10.1 Å². The molecule has 0 radical (unpaired) electrons. The van der Waals surface area contributed by atoms with Gasteiger partial charge in [0.1, 0.15) is 13.1 Å². The minimum absolute atomic E-state index is 0.00927. The number of imide groups is 1. The highest BCUT2D eigenvalue weighted by Crippen LogP contribution is 2.21. The molecule has 0 bridgehead atoms. The molecular formula is C18H18N4O5S. The van der Waals surface area contributed by atoms with Crippen LogP contribution in [0.15, 0.2) is 35.7 Å². The third kappa shape index (κ3) is 4.52. The predicted molar refractivity (Wildman–Crippen MR) is 102 cm³/mol. The van der Waals surface area contributed by atoms with Crippen molar-refractivity contribution in [3.63, 3.8) is 0 Å². The van der Waals surface area contributed by atoms with Crippen molar-refractivity contribution in [2.45, 2.75) is 13.3 Å². The number of anilines is 2. The number of hydrogen-bond acceptors (Lipinski definition) is 7. The monoisotopic (exact) mass is 402 g/mol. The Morgan fingerprint density at radius 3 is 2.71 bits per heavy atom. The zero-order chi connectivity index (χ0) is 20.1. The van der Waals surface area contributed by atoms with Crippen LogP contribution in [0.3, 0.4) is 0 Å². The van der Waals surface area contributed by atoms with Gasteiger partial charge in [-0.2, -0.15) is 0 Å². The third-order valence-electron chi connectivity index (χ3n) is 3.85. The van der Waals surface area contributed by atoms with Crippen molar-refractivity contribution >= 4 is 46.0 Å². The molecule has 2 heterocycles.